The Bertz CT molecular complexity index is 511. The summed E-state index contributed by atoms with van der Waals surface area (Å²) in [5.41, 5.74) is 1.00. The zero-order valence-electron chi connectivity index (χ0n) is 13.3. The fourth-order valence-electron chi connectivity index (χ4n) is 2.34. The number of aliphatic hydroxyl groups is 1. The van der Waals surface area contributed by atoms with Gasteiger partial charge in [-0.05, 0) is 25.0 Å². The van der Waals surface area contributed by atoms with Crippen molar-refractivity contribution in [1.29, 1.82) is 0 Å². The molecule has 1 aromatic carbocycles. The molecule has 0 aliphatic carbocycles. The Hall–Kier alpha value is -2.21. The number of piperidine rings is 1. The van der Waals surface area contributed by atoms with E-state index in [-0.39, 0.29) is 5.91 Å². The van der Waals surface area contributed by atoms with Crippen LogP contribution in [0.1, 0.15) is 37.0 Å². The molecule has 0 aromatic heterocycles. The minimum Gasteiger partial charge on any atom is -0.391 e. The molecule has 1 atom stereocenters. The number of nitrogens with zero attached hydrogens (tertiary/aromatic N) is 4. The number of hydrogen-bond donors (Lipinski definition) is 1. The van der Waals surface area contributed by atoms with Crippen LogP contribution < -0.4 is 5.12 Å². The van der Waals surface area contributed by atoms with Crippen molar-refractivity contribution in [1.82, 2.24) is 4.90 Å². The van der Waals surface area contributed by atoms with Gasteiger partial charge in [-0.15, -0.1) is 0 Å². The first kappa shape index (κ1) is 17.8. The zero-order valence-corrected chi connectivity index (χ0v) is 13.3. The summed E-state index contributed by atoms with van der Waals surface area (Å²) in [6.07, 6.45) is 1.09. The van der Waals surface area contributed by atoms with E-state index < -0.39 is 6.10 Å². The average Bonchev–Trinajstić information content (AvgIpc) is 2.58. The highest BCUT2D eigenvalue weighted by Gasteiger charge is 2.25. The van der Waals surface area contributed by atoms with Crippen LogP contribution in [0.25, 0.3) is 0 Å². The Balaban J connectivity index is 0.00000116. The van der Waals surface area contributed by atoms with Gasteiger partial charge in [-0.25, -0.2) is 0 Å². The zero-order chi connectivity index (χ0) is 16.5. The number of aliphatic hydroxyl groups excluding tert-OH is 1. The minimum absolute atomic E-state index is 0.142. The second-order valence-corrected chi connectivity index (χ2v) is 4.64. The number of likely N-dealkylation sites (tertiary alicyclic amines) is 1. The topological polar surface area (TPSA) is 68.5 Å². The second-order valence-electron chi connectivity index (χ2n) is 4.64. The molecule has 1 saturated heterocycles. The molecule has 120 valence electrons. The van der Waals surface area contributed by atoms with E-state index in [0.29, 0.717) is 24.3 Å². The van der Waals surface area contributed by atoms with Gasteiger partial charge in [0.1, 0.15) is 0 Å². The lowest BCUT2D eigenvalue weighted by Crippen LogP contribution is -2.42. The van der Waals surface area contributed by atoms with E-state index in [1.54, 1.807) is 29.2 Å². The van der Waals surface area contributed by atoms with Crippen LogP contribution in [-0.4, -0.2) is 48.5 Å². The first-order valence-corrected chi connectivity index (χ1v) is 7.47. The lowest BCUT2D eigenvalue weighted by atomic mass is 10.1. The Kier molecular flexibility index (Phi) is 7.25. The van der Waals surface area contributed by atoms with E-state index >= 15 is 0 Å². The lowest BCUT2D eigenvalue weighted by Gasteiger charge is -2.31. The summed E-state index contributed by atoms with van der Waals surface area (Å²) >= 11 is 0. The van der Waals surface area contributed by atoms with Crippen LogP contribution in [0.15, 0.2) is 34.5 Å². The third kappa shape index (κ3) is 4.14. The van der Waals surface area contributed by atoms with Gasteiger partial charge in [-0.2, -0.15) is 15.3 Å². The number of para-hydroxylation sites is 1. The van der Waals surface area contributed by atoms with E-state index in [4.69, 9.17) is 0 Å². The minimum atomic E-state index is -0.453. The van der Waals surface area contributed by atoms with Gasteiger partial charge in [0.05, 0.1) is 17.4 Å². The number of β-amino-alcohol motifs (C(OH)–C–C–N with tert-alkyl or cyclic N) is 1. The number of rotatable bonds is 4. The molecular weight excluding hydrogens is 280 g/mol. The van der Waals surface area contributed by atoms with Crippen LogP contribution in [0.4, 0.5) is 5.69 Å². The molecule has 1 unspecified atom stereocenters. The van der Waals surface area contributed by atoms with Crippen molar-refractivity contribution in [3.05, 3.63) is 29.8 Å². The lowest BCUT2D eigenvalue weighted by molar-refractivity contribution is 0.0474. The molecule has 1 aromatic rings. The summed E-state index contributed by atoms with van der Waals surface area (Å²) in [7, 11) is 0. The van der Waals surface area contributed by atoms with Gasteiger partial charge < -0.3 is 10.0 Å². The first-order valence-electron chi connectivity index (χ1n) is 7.47. The molecule has 0 spiro atoms. The molecule has 6 nitrogen and oxygen atoms in total. The molecule has 1 fully saturated rings. The van der Waals surface area contributed by atoms with Crippen molar-refractivity contribution in [2.24, 2.45) is 10.2 Å². The molecule has 6 heteroatoms. The SMILES string of the molecule is C=NN(N=C)c1ccccc1C(=O)N1CCCC(O)C1.CC. The van der Waals surface area contributed by atoms with Crippen LogP contribution in [0, 0.1) is 0 Å². The summed E-state index contributed by atoms with van der Waals surface area (Å²) in [6, 6.07) is 7.01. The monoisotopic (exact) mass is 304 g/mol. The Morgan fingerprint density at radius 1 is 1.32 bits per heavy atom. The van der Waals surface area contributed by atoms with Crippen molar-refractivity contribution in [2.75, 3.05) is 18.2 Å². The van der Waals surface area contributed by atoms with Gasteiger partial charge in [0.2, 0.25) is 0 Å². The summed E-state index contributed by atoms with van der Waals surface area (Å²) in [5, 5.41) is 18.3. The highest BCUT2D eigenvalue weighted by Crippen LogP contribution is 2.24. The smallest absolute Gasteiger partial charge is 0.256 e. The second kappa shape index (κ2) is 8.94. The van der Waals surface area contributed by atoms with Crippen LogP contribution in [-0.2, 0) is 0 Å². The van der Waals surface area contributed by atoms with Gasteiger partial charge in [0.25, 0.3) is 5.91 Å². The Morgan fingerprint density at radius 2 is 1.95 bits per heavy atom. The van der Waals surface area contributed by atoms with Crippen LogP contribution >= 0.6 is 0 Å². The predicted molar refractivity (Wildman–Crippen MR) is 90.5 cm³/mol. The molecule has 0 radical (unpaired) electrons. The molecule has 22 heavy (non-hydrogen) atoms. The average molecular weight is 304 g/mol. The number of benzene rings is 1. The molecule has 0 bridgehead atoms. The van der Waals surface area contributed by atoms with Gasteiger partial charge in [-0.1, -0.05) is 26.0 Å². The molecular formula is C16H24N4O2. The third-order valence-corrected chi connectivity index (χ3v) is 3.30. The molecule has 1 N–H and O–H groups in total. The maximum atomic E-state index is 12.6. The van der Waals surface area contributed by atoms with E-state index in [1.807, 2.05) is 13.8 Å². The number of hydrazone groups is 2. The number of hydrogen-bond acceptors (Lipinski definition) is 5. The number of carbonyl (C=O) groups is 1. The summed E-state index contributed by atoms with van der Waals surface area (Å²) in [5.74, 6) is -0.142. The molecule has 2 rings (SSSR count). The van der Waals surface area contributed by atoms with E-state index in [2.05, 4.69) is 23.6 Å². The number of carbonyl (C=O) groups excluding carboxylic acids is 1. The van der Waals surface area contributed by atoms with Crippen LogP contribution in [0.5, 0.6) is 0 Å². The molecule has 1 aliphatic rings. The van der Waals surface area contributed by atoms with Crippen LogP contribution in [0.2, 0.25) is 0 Å². The highest BCUT2D eigenvalue weighted by atomic mass is 16.3. The number of amides is 1. The summed E-state index contributed by atoms with van der Waals surface area (Å²) < 4.78 is 0. The fraction of sp³-hybridized carbons (Fsp3) is 0.438. The Morgan fingerprint density at radius 3 is 2.55 bits per heavy atom. The van der Waals surface area contributed by atoms with Crippen molar-refractivity contribution >= 4 is 25.0 Å². The van der Waals surface area contributed by atoms with Crippen molar-refractivity contribution in [3.63, 3.8) is 0 Å². The van der Waals surface area contributed by atoms with Crippen molar-refractivity contribution in [3.8, 4) is 0 Å². The van der Waals surface area contributed by atoms with Gasteiger partial charge >= 0.3 is 0 Å². The normalized spacial score (nSPS) is 17.0. The molecule has 1 heterocycles. The van der Waals surface area contributed by atoms with Crippen molar-refractivity contribution in [2.45, 2.75) is 32.8 Å². The fourth-order valence-corrected chi connectivity index (χ4v) is 2.34. The largest absolute Gasteiger partial charge is 0.391 e. The standard InChI is InChI=1S/C14H18N4O2.C2H6/c1-15-18(16-2)13-8-4-3-7-12(13)14(20)17-9-5-6-11(19)10-17;1-2/h3-4,7-8,11,19H,1-2,5-6,9-10H2;1-2H3. The Labute approximate surface area is 131 Å². The van der Waals surface area contributed by atoms with Crippen LogP contribution in [0.3, 0.4) is 0 Å². The van der Waals surface area contributed by atoms with Gasteiger partial charge in [-0.3, -0.25) is 4.79 Å². The molecule has 1 amide bonds. The predicted octanol–water partition coefficient (Wildman–Crippen LogP) is 2.35. The summed E-state index contributed by atoms with van der Waals surface area (Å²) in [4.78, 5) is 14.2. The third-order valence-electron chi connectivity index (χ3n) is 3.30. The van der Waals surface area contributed by atoms with E-state index in [9.17, 15) is 9.90 Å². The molecule has 1 aliphatic heterocycles. The van der Waals surface area contributed by atoms with Gasteiger partial charge in [0.15, 0.2) is 0 Å². The maximum absolute atomic E-state index is 12.6. The number of anilines is 1. The van der Waals surface area contributed by atoms with E-state index in [1.165, 1.54) is 5.12 Å². The van der Waals surface area contributed by atoms with Crippen molar-refractivity contribution < 1.29 is 9.90 Å². The first-order chi connectivity index (χ1) is 10.7. The maximum Gasteiger partial charge on any atom is 0.256 e. The van der Waals surface area contributed by atoms with E-state index in [0.717, 1.165) is 12.8 Å². The molecule has 0 saturated carbocycles. The highest BCUT2D eigenvalue weighted by molar-refractivity contribution is 5.99. The van der Waals surface area contributed by atoms with Gasteiger partial charge in [0, 0.05) is 26.5 Å². The quantitative estimate of drug-likeness (QED) is 0.686. The summed E-state index contributed by atoms with van der Waals surface area (Å²) in [6.45, 7) is 11.8.